The minimum atomic E-state index is 0.0230. The van der Waals surface area contributed by atoms with Gasteiger partial charge in [0.1, 0.15) is 12.4 Å². The van der Waals surface area contributed by atoms with Gasteiger partial charge in [-0.1, -0.05) is 23.7 Å². The van der Waals surface area contributed by atoms with Crippen LogP contribution in [0.2, 0.25) is 5.02 Å². The van der Waals surface area contributed by atoms with E-state index in [1.807, 2.05) is 24.3 Å². The zero-order valence-corrected chi connectivity index (χ0v) is 14.5. The molecule has 1 aliphatic rings. The maximum atomic E-state index is 8.85. The van der Waals surface area contributed by atoms with Crippen molar-refractivity contribution in [1.29, 1.82) is 0 Å². The third-order valence-electron chi connectivity index (χ3n) is 4.34. The van der Waals surface area contributed by atoms with Crippen LogP contribution in [0.3, 0.4) is 0 Å². The lowest BCUT2D eigenvalue weighted by Crippen LogP contribution is -2.51. The second-order valence-electron chi connectivity index (χ2n) is 6.05. The van der Waals surface area contributed by atoms with Crippen molar-refractivity contribution in [2.45, 2.75) is 19.0 Å². The highest BCUT2D eigenvalue weighted by Crippen LogP contribution is 2.32. The fourth-order valence-electron chi connectivity index (χ4n) is 3.21. The van der Waals surface area contributed by atoms with Crippen LogP contribution in [0.25, 0.3) is 0 Å². The SMILES string of the molecule is CC1CNC[C@@H](c2ccc(Cl)cc2)N1c1ccc(OCCO)cc1. The number of benzene rings is 2. The van der Waals surface area contributed by atoms with Crippen LogP contribution in [0.5, 0.6) is 5.75 Å². The third kappa shape index (κ3) is 3.83. The van der Waals surface area contributed by atoms with Gasteiger partial charge in [0.15, 0.2) is 0 Å². The van der Waals surface area contributed by atoms with Crippen molar-refractivity contribution in [3.63, 3.8) is 0 Å². The number of anilines is 1. The topological polar surface area (TPSA) is 44.7 Å². The Morgan fingerprint density at radius 3 is 2.50 bits per heavy atom. The Morgan fingerprint density at radius 2 is 1.83 bits per heavy atom. The van der Waals surface area contributed by atoms with Crippen molar-refractivity contribution < 1.29 is 9.84 Å². The van der Waals surface area contributed by atoms with Gasteiger partial charge in [-0.05, 0) is 48.9 Å². The molecule has 1 unspecified atom stereocenters. The molecule has 128 valence electrons. The number of ether oxygens (including phenoxy) is 1. The average molecular weight is 347 g/mol. The smallest absolute Gasteiger partial charge is 0.119 e. The van der Waals surface area contributed by atoms with Gasteiger partial charge < -0.3 is 20.1 Å². The molecule has 1 fully saturated rings. The second-order valence-corrected chi connectivity index (χ2v) is 6.48. The molecule has 24 heavy (non-hydrogen) atoms. The lowest BCUT2D eigenvalue weighted by Gasteiger charge is -2.43. The Hall–Kier alpha value is -1.75. The molecule has 3 rings (SSSR count). The summed E-state index contributed by atoms with van der Waals surface area (Å²) in [4.78, 5) is 2.44. The number of hydrogen-bond acceptors (Lipinski definition) is 4. The molecule has 0 radical (unpaired) electrons. The van der Waals surface area contributed by atoms with E-state index >= 15 is 0 Å². The predicted molar refractivity (Wildman–Crippen MR) is 98.0 cm³/mol. The van der Waals surface area contributed by atoms with E-state index in [0.29, 0.717) is 12.6 Å². The molecule has 1 saturated heterocycles. The van der Waals surface area contributed by atoms with Gasteiger partial charge in [-0.3, -0.25) is 0 Å². The molecule has 1 aliphatic heterocycles. The molecule has 0 aliphatic carbocycles. The summed E-state index contributed by atoms with van der Waals surface area (Å²) < 4.78 is 5.45. The molecule has 2 aromatic carbocycles. The lowest BCUT2D eigenvalue weighted by molar-refractivity contribution is 0.201. The first-order valence-electron chi connectivity index (χ1n) is 8.27. The van der Waals surface area contributed by atoms with E-state index in [0.717, 1.165) is 23.9 Å². The largest absolute Gasteiger partial charge is 0.491 e. The number of nitrogens with one attached hydrogen (secondary N) is 1. The average Bonchev–Trinajstić information content (AvgIpc) is 2.61. The van der Waals surface area contributed by atoms with Crippen molar-refractivity contribution in [3.8, 4) is 5.75 Å². The summed E-state index contributed by atoms with van der Waals surface area (Å²) in [6, 6.07) is 16.8. The van der Waals surface area contributed by atoms with Crippen LogP contribution in [0.15, 0.2) is 48.5 Å². The third-order valence-corrected chi connectivity index (χ3v) is 4.59. The first-order chi connectivity index (χ1) is 11.7. The predicted octanol–water partition coefficient (Wildman–Crippen LogP) is 3.25. The van der Waals surface area contributed by atoms with Crippen LogP contribution < -0.4 is 15.0 Å². The summed E-state index contributed by atoms with van der Waals surface area (Å²) in [6.45, 7) is 4.42. The number of nitrogens with zero attached hydrogens (tertiary/aromatic N) is 1. The Labute approximate surface area is 148 Å². The molecule has 0 amide bonds. The lowest BCUT2D eigenvalue weighted by atomic mass is 9.99. The van der Waals surface area contributed by atoms with Gasteiger partial charge in [-0.2, -0.15) is 0 Å². The highest BCUT2D eigenvalue weighted by molar-refractivity contribution is 6.30. The maximum Gasteiger partial charge on any atom is 0.119 e. The van der Waals surface area contributed by atoms with Crippen LogP contribution in [-0.4, -0.2) is 37.5 Å². The Kier molecular flexibility index (Phi) is 5.61. The Bertz CT molecular complexity index is 645. The van der Waals surface area contributed by atoms with E-state index in [9.17, 15) is 0 Å². The molecule has 0 aromatic heterocycles. The number of aliphatic hydroxyl groups excluding tert-OH is 1. The van der Waals surface area contributed by atoms with Crippen molar-refractivity contribution in [1.82, 2.24) is 5.32 Å². The fourth-order valence-corrected chi connectivity index (χ4v) is 3.33. The number of hydrogen-bond donors (Lipinski definition) is 2. The molecular weight excluding hydrogens is 324 g/mol. The Morgan fingerprint density at radius 1 is 1.12 bits per heavy atom. The zero-order valence-electron chi connectivity index (χ0n) is 13.8. The zero-order chi connectivity index (χ0) is 16.9. The summed E-state index contributed by atoms with van der Waals surface area (Å²) in [5, 5.41) is 13.1. The summed E-state index contributed by atoms with van der Waals surface area (Å²) in [5.74, 6) is 0.777. The minimum Gasteiger partial charge on any atom is -0.491 e. The van der Waals surface area contributed by atoms with Gasteiger partial charge in [0.2, 0.25) is 0 Å². The molecule has 0 bridgehead atoms. The number of halogens is 1. The Balaban J connectivity index is 1.85. The first kappa shape index (κ1) is 17.1. The number of aliphatic hydroxyl groups is 1. The van der Waals surface area contributed by atoms with Crippen LogP contribution in [-0.2, 0) is 0 Å². The monoisotopic (exact) mass is 346 g/mol. The van der Waals surface area contributed by atoms with Crippen molar-refractivity contribution in [2.24, 2.45) is 0 Å². The normalized spacial score (nSPS) is 20.9. The van der Waals surface area contributed by atoms with Crippen LogP contribution >= 0.6 is 11.6 Å². The van der Waals surface area contributed by atoms with Crippen molar-refractivity contribution >= 4 is 17.3 Å². The van der Waals surface area contributed by atoms with Gasteiger partial charge in [-0.25, -0.2) is 0 Å². The standard InChI is InChI=1S/C19H23ClN2O2/c1-14-12-21-13-19(15-2-4-16(20)5-3-15)22(14)17-6-8-18(9-7-17)24-11-10-23/h2-9,14,19,21,23H,10-13H2,1H3/t14?,19-/m0/s1. The second kappa shape index (κ2) is 7.88. The molecule has 1 heterocycles. The first-order valence-corrected chi connectivity index (χ1v) is 8.65. The van der Waals surface area contributed by atoms with Crippen molar-refractivity contribution in [3.05, 3.63) is 59.1 Å². The highest BCUT2D eigenvalue weighted by Gasteiger charge is 2.29. The summed E-state index contributed by atoms with van der Waals surface area (Å²) in [6.07, 6.45) is 0. The number of rotatable bonds is 5. The van der Waals surface area contributed by atoms with E-state index in [4.69, 9.17) is 21.4 Å². The van der Waals surface area contributed by atoms with Gasteiger partial charge in [0.25, 0.3) is 0 Å². The molecule has 2 aromatic rings. The summed E-state index contributed by atoms with van der Waals surface area (Å²) >= 11 is 6.03. The highest BCUT2D eigenvalue weighted by atomic mass is 35.5. The molecule has 0 spiro atoms. The van der Waals surface area contributed by atoms with Crippen LogP contribution in [0, 0.1) is 0 Å². The molecule has 2 N–H and O–H groups in total. The molecule has 0 saturated carbocycles. The molecule has 4 nitrogen and oxygen atoms in total. The summed E-state index contributed by atoms with van der Waals surface area (Å²) in [7, 11) is 0. The molecule has 2 atom stereocenters. The van der Waals surface area contributed by atoms with Gasteiger partial charge >= 0.3 is 0 Å². The van der Waals surface area contributed by atoms with E-state index in [-0.39, 0.29) is 12.6 Å². The van der Waals surface area contributed by atoms with Gasteiger partial charge in [0.05, 0.1) is 12.6 Å². The molecule has 5 heteroatoms. The quantitative estimate of drug-likeness (QED) is 0.872. The van der Waals surface area contributed by atoms with Crippen LogP contribution in [0.4, 0.5) is 5.69 Å². The van der Waals surface area contributed by atoms with E-state index < -0.39 is 0 Å². The van der Waals surface area contributed by atoms with Crippen LogP contribution in [0.1, 0.15) is 18.5 Å². The maximum absolute atomic E-state index is 8.85. The van der Waals surface area contributed by atoms with E-state index in [2.05, 4.69) is 41.4 Å². The minimum absolute atomic E-state index is 0.0230. The number of piperazine rings is 1. The van der Waals surface area contributed by atoms with Gasteiger partial charge in [0, 0.05) is 29.8 Å². The summed E-state index contributed by atoms with van der Waals surface area (Å²) in [5.41, 5.74) is 2.42. The van der Waals surface area contributed by atoms with Gasteiger partial charge in [-0.15, -0.1) is 0 Å². The van der Waals surface area contributed by atoms with E-state index in [1.165, 1.54) is 11.3 Å². The fraction of sp³-hybridized carbons (Fsp3) is 0.368. The molecular formula is C19H23ClN2O2. The van der Waals surface area contributed by atoms with Crippen molar-refractivity contribution in [2.75, 3.05) is 31.2 Å². The van der Waals surface area contributed by atoms with E-state index in [1.54, 1.807) is 0 Å².